The molecule has 0 bridgehead atoms. The van der Waals surface area contributed by atoms with Crippen molar-refractivity contribution in [1.29, 1.82) is 0 Å². The lowest BCUT2D eigenvalue weighted by Gasteiger charge is -2.26. The third kappa shape index (κ3) is 2.81. The van der Waals surface area contributed by atoms with Crippen LogP contribution >= 0.6 is 0 Å². The average molecular weight is 353 g/mol. The number of fused-ring (bicyclic) bond motifs is 2. The van der Waals surface area contributed by atoms with E-state index in [1.165, 1.54) is 4.90 Å². The number of rotatable bonds is 2. The lowest BCUT2D eigenvalue weighted by molar-refractivity contribution is -0.121. The van der Waals surface area contributed by atoms with Crippen LogP contribution in [0.15, 0.2) is 36.4 Å². The van der Waals surface area contributed by atoms with Crippen molar-refractivity contribution >= 4 is 34.8 Å². The number of carbonyl (C=O) groups excluding carboxylic acids is 3. The predicted molar refractivity (Wildman–Crippen MR) is 93.9 cm³/mol. The van der Waals surface area contributed by atoms with Crippen molar-refractivity contribution in [3.63, 3.8) is 0 Å². The summed E-state index contributed by atoms with van der Waals surface area (Å²) in [5.74, 6) is 0.327. The van der Waals surface area contributed by atoms with E-state index in [9.17, 15) is 14.4 Å². The highest BCUT2D eigenvalue weighted by Gasteiger charge is 2.23. The first-order valence-corrected chi connectivity index (χ1v) is 7.93. The molecule has 2 aliphatic rings. The molecule has 2 aromatic rings. The number of likely N-dealkylation sites (N-methyl/N-ethyl adjacent to an activating group) is 1. The molecular weight excluding hydrogens is 338 g/mol. The molecule has 0 unspecified atom stereocenters. The van der Waals surface area contributed by atoms with Crippen LogP contribution in [0.25, 0.3) is 0 Å². The van der Waals surface area contributed by atoms with Crippen LogP contribution in [0.5, 0.6) is 11.5 Å². The molecule has 0 spiro atoms. The van der Waals surface area contributed by atoms with Gasteiger partial charge in [0.1, 0.15) is 11.5 Å². The zero-order valence-electron chi connectivity index (χ0n) is 13.9. The maximum atomic E-state index is 12.5. The molecule has 2 N–H and O–H groups in total. The van der Waals surface area contributed by atoms with Gasteiger partial charge in [-0.05, 0) is 36.4 Å². The fourth-order valence-corrected chi connectivity index (χ4v) is 2.78. The number of benzene rings is 2. The molecule has 0 atom stereocenters. The zero-order chi connectivity index (χ0) is 18.3. The summed E-state index contributed by atoms with van der Waals surface area (Å²) in [6, 6.07) is 9.88. The summed E-state index contributed by atoms with van der Waals surface area (Å²) in [5, 5.41) is 5.44. The molecule has 0 aliphatic carbocycles. The van der Waals surface area contributed by atoms with Crippen LogP contribution < -0.4 is 25.0 Å². The van der Waals surface area contributed by atoms with Gasteiger partial charge in [0.2, 0.25) is 0 Å². The molecular formula is C18H15N3O5. The van der Waals surface area contributed by atoms with E-state index in [1.807, 2.05) is 0 Å². The van der Waals surface area contributed by atoms with Gasteiger partial charge in [-0.25, -0.2) is 0 Å². The van der Waals surface area contributed by atoms with Gasteiger partial charge in [0.15, 0.2) is 13.2 Å². The van der Waals surface area contributed by atoms with Gasteiger partial charge >= 0.3 is 0 Å². The summed E-state index contributed by atoms with van der Waals surface area (Å²) in [4.78, 5) is 37.2. The third-order valence-corrected chi connectivity index (χ3v) is 4.18. The second-order valence-electron chi connectivity index (χ2n) is 5.93. The Morgan fingerprint density at radius 3 is 2.69 bits per heavy atom. The number of hydrogen-bond acceptors (Lipinski definition) is 5. The number of nitrogens with zero attached hydrogens (tertiary/aromatic N) is 1. The Labute approximate surface area is 148 Å². The molecule has 0 radical (unpaired) electrons. The molecule has 4 rings (SSSR count). The first-order valence-electron chi connectivity index (χ1n) is 7.93. The summed E-state index contributed by atoms with van der Waals surface area (Å²) in [6.07, 6.45) is 0. The Bertz CT molecular complexity index is 940. The van der Waals surface area contributed by atoms with Crippen molar-refractivity contribution in [2.45, 2.75) is 0 Å². The number of ether oxygens (including phenoxy) is 2. The van der Waals surface area contributed by atoms with Crippen LogP contribution in [0.2, 0.25) is 0 Å². The average Bonchev–Trinajstić information content (AvgIpc) is 2.64. The highest BCUT2D eigenvalue weighted by Crippen LogP contribution is 2.34. The van der Waals surface area contributed by atoms with Crippen LogP contribution in [0.4, 0.5) is 17.1 Å². The van der Waals surface area contributed by atoms with E-state index >= 15 is 0 Å². The molecule has 3 amide bonds. The topological polar surface area (TPSA) is 97.0 Å². The molecule has 0 saturated carbocycles. The van der Waals surface area contributed by atoms with E-state index in [2.05, 4.69) is 10.6 Å². The number of carbonyl (C=O) groups is 3. The second kappa shape index (κ2) is 6.07. The molecule has 26 heavy (non-hydrogen) atoms. The number of nitrogens with one attached hydrogen (secondary N) is 2. The molecule has 8 nitrogen and oxygen atoms in total. The lowest BCUT2D eigenvalue weighted by Crippen LogP contribution is -2.35. The molecule has 0 saturated heterocycles. The van der Waals surface area contributed by atoms with E-state index in [4.69, 9.17) is 9.47 Å². The van der Waals surface area contributed by atoms with Crippen molar-refractivity contribution < 1.29 is 23.9 Å². The van der Waals surface area contributed by atoms with Gasteiger partial charge in [-0.1, -0.05) is 0 Å². The van der Waals surface area contributed by atoms with Gasteiger partial charge in [0.25, 0.3) is 17.7 Å². The van der Waals surface area contributed by atoms with Crippen LogP contribution in [-0.2, 0) is 9.59 Å². The van der Waals surface area contributed by atoms with Crippen LogP contribution in [-0.4, -0.2) is 38.0 Å². The molecule has 0 fully saturated rings. The van der Waals surface area contributed by atoms with Crippen molar-refractivity contribution in [1.82, 2.24) is 0 Å². The van der Waals surface area contributed by atoms with Gasteiger partial charge in [-0.2, -0.15) is 0 Å². The van der Waals surface area contributed by atoms with E-state index in [0.717, 1.165) is 0 Å². The van der Waals surface area contributed by atoms with Gasteiger partial charge in [-0.3, -0.25) is 14.4 Å². The fourth-order valence-electron chi connectivity index (χ4n) is 2.78. The van der Waals surface area contributed by atoms with Gasteiger partial charge in [0.05, 0.1) is 11.4 Å². The van der Waals surface area contributed by atoms with E-state index < -0.39 is 0 Å². The normalized spacial score (nSPS) is 15.2. The highest BCUT2D eigenvalue weighted by atomic mass is 16.5. The Morgan fingerprint density at radius 2 is 1.85 bits per heavy atom. The van der Waals surface area contributed by atoms with Crippen LogP contribution in [0.3, 0.4) is 0 Å². The predicted octanol–water partition coefficient (Wildman–Crippen LogP) is 1.62. The maximum absolute atomic E-state index is 12.5. The monoisotopic (exact) mass is 353 g/mol. The smallest absolute Gasteiger partial charge is 0.264 e. The first kappa shape index (κ1) is 15.9. The van der Waals surface area contributed by atoms with Crippen molar-refractivity contribution in [2.75, 3.05) is 35.8 Å². The Morgan fingerprint density at radius 1 is 1.08 bits per heavy atom. The van der Waals surface area contributed by atoms with E-state index in [-0.39, 0.29) is 30.9 Å². The first-order chi connectivity index (χ1) is 12.5. The van der Waals surface area contributed by atoms with Gasteiger partial charge in [0, 0.05) is 18.3 Å². The Hall–Kier alpha value is -3.55. The summed E-state index contributed by atoms with van der Waals surface area (Å²) < 4.78 is 10.6. The van der Waals surface area contributed by atoms with Crippen LogP contribution in [0.1, 0.15) is 10.4 Å². The molecule has 2 heterocycles. The Balaban J connectivity index is 1.56. The highest BCUT2D eigenvalue weighted by molar-refractivity contribution is 6.07. The van der Waals surface area contributed by atoms with E-state index in [0.29, 0.717) is 34.1 Å². The number of anilines is 3. The number of hydrogen-bond donors (Lipinski definition) is 2. The minimum Gasteiger partial charge on any atom is -0.482 e. The summed E-state index contributed by atoms with van der Waals surface area (Å²) >= 11 is 0. The summed E-state index contributed by atoms with van der Waals surface area (Å²) in [6.45, 7) is -0.0416. The van der Waals surface area contributed by atoms with Crippen LogP contribution in [0, 0.1) is 0 Å². The molecule has 132 valence electrons. The minimum absolute atomic E-state index is 0.00186. The maximum Gasteiger partial charge on any atom is 0.264 e. The quantitative estimate of drug-likeness (QED) is 0.855. The van der Waals surface area contributed by atoms with Gasteiger partial charge in [-0.15, -0.1) is 0 Å². The largest absolute Gasteiger partial charge is 0.482 e. The molecule has 8 heteroatoms. The third-order valence-electron chi connectivity index (χ3n) is 4.18. The lowest BCUT2D eigenvalue weighted by atomic mass is 10.1. The summed E-state index contributed by atoms with van der Waals surface area (Å²) in [5.41, 5.74) is 1.94. The van der Waals surface area contributed by atoms with Crippen molar-refractivity contribution in [3.05, 3.63) is 42.0 Å². The van der Waals surface area contributed by atoms with Gasteiger partial charge < -0.3 is 25.0 Å². The summed E-state index contributed by atoms with van der Waals surface area (Å²) in [7, 11) is 1.65. The SMILES string of the molecule is CN1C(=O)COc2ccc(NC(=O)c3ccc4c(c3)NC(=O)CO4)cc21. The second-order valence-corrected chi connectivity index (χ2v) is 5.93. The zero-order valence-corrected chi connectivity index (χ0v) is 13.9. The van der Waals surface area contributed by atoms with E-state index in [1.54, 1.807) is 43.4 Å². The fraction of sp³-hybridized carbons (Fsp3) is 0.167. The Kier molecular flexibility index (Phi) is 3.72. The standard InChI is InChI=1S/C18H15N3O5/c1-21-13-7-11(3-5-15(13)26-9-17(21)23)19-18(24)10-2-4-14-12(6-10)20-16(22)8-25-14/h2-7H,8-9H2,1H3,(H,19,24)(H,20,22). The molecule has 2 aromatic carbocycles. The van der Waals surface area contributed by atoms with Crippen molar-refractivity contribution in [2.24, 2.45) is 0 Å². The van der Waals surface area contributed by atoms with Crippen molar-refractivity contribution in [3.8, 4) is 11.5 Å². The molecule has 0 aromatic heterocycles. The number of amides is 3. The minimum atomic E-state index is -0.349. The molecule has 2 aliphatic heterocycles.